The Morgan fingerprint density at radius 3 is 2.70 bits per heavy atom. The van der Waals surface area contributed by atoms with Crippen molar-refractivity contribution in [2.24, 2.45) is 11.7 Å². The van der Waals surface area contributed by atoms with Gasteiger partial charge in [0.15, 0.2) is 0 Å². The highest BCUT2D eigenvalue weighted by molar-refractivity contribution is 5.85. The van der Waals surface area contributed by atoms with Gasteiger partial charge in [-0.2, -0.15) is 0 Å². The second-order valence-corrected chi connectivity index (χ2v) is 6.82. The quantitative estimate of drug-likeness (QED) is 0.838. The summed E-state index contributed by atoms with van der Waals surface area (Å²) in [5.41, 5.74) is 7.34. The Kier molecular flexibility index (Phi) is 5.93. The molecule has 0 aliphatic heterocycles. The van der Waals surface area contributed by atoms with Gasteiger partial charge in [-0.05, 0) is 37.7 Å². The van der Waals surface area contributed by atoms with E-state index < -0.39 is 0 Å². The molecule has 0 unspecified atom stereocenters. The number of carbonyl (C=O) groups is 1. The van der Waals surface area contributed by atoms with Gasteiger partial charge in [0.2, 0.25) is 5.91 Å². The lowest BCUT2D eigenvalue weighted by atomic mass is 9.94. The minimum atomic E-state index is 0. The van der Waals surface area contributed by atoms with Gasteiger partial charge in [0.05, 0.1) is 7.11 Å². The van der Waals surface area contributed by atoms with E-state index in [0.717, 1.165) is 37.9 Å². The Hall–Kier alpha value is -1.26. The third-order valence-corrected chi connectivity index (χ3v) is 5.32. The van der Waals surface area contributed by atoms with Crippen LogP contribution in [-0.4, -0.2) is 25.6 Å². The first-order valence-electron chi connectivity index (χ1n) is 8.30. The Balaban J connectivity index is 0.00000192. The van der Waals surface area contributed by atoms with Crippen LogP contribution in [0.15, 0.2) is 24.3 Å². The van der Waals surface area contributed by atoms with Crippen LogP contribution >= 0.6 is 12.4 Å². The lowest BCUT2D eigenvalue weighted by molar-refractivity contribution is -0.122. The first-order valence-corrected chi connectivity index (χ1v) is 8.30. The van der Waals surface area contributed by atoms with Crippen molar-refractivity contribution >= 4 is 18.3 Å². The second-order valence-electron chi connectivity index (χ2n) is 6.82. The highest BCUT2D eigenvalue weighted by Crippen LogP contribution is 2.50. The summed E-state index contributed by atoms with van der Waals surface area (Å²) < 4.78 is 5.47. The molecule has 2 fully saturated rings. The molecule has 0 radical (unpaired) electrons. The molecule has 128 valence electrons. The van der Waals surface area contributed by atoms with Gasteiger partial charge >= 0.3 is 0 Å². The van der Waals surface area contributed by atoms with E-state index in [1.807, 2.05) is 18.2 Å². The lowest BCUT2D eigenvalue weighted by Gasteiger charge is -2.20. The predicted octanol–water partition coefficient (Wildman–Crippen LogP) is 2.78. The fraction of sp³-hybridized carbons (Fsp3) is 0.611. The first kappa shape index (κ1) is 18.1. The number of hydrogen-bond acceptors (Lipinski definition) is 3. The Bertz CT molecular complexity index is 546. The van der Waals surface area contributed by atoms with Crippen molar-refractivity contribution in [2.75, 3.05) is 13.7 Å². The molecule has 0 bridgehead atoms. The minimum absolute atomic E-state index is 0. The number of rotatable bonds is 6. The maximum absolute atomic E-state index is 12.2. The average molecular weight is 339 g/mol. The summed E-state index contributed by atoms with van der Waals surface area (Å²) in [6.07, 6.45) is 6.09. The van der Waals surface area contributed by atoms with E-state index in [1.165, 1.54) is 5.56 Å². The van der Waals surface area contributed by atoms with Crippen molar-refractivity contribution in [1.82, 2.24) is 5.32 Å². The van der Waals surface area contributed by atoms with E-state index in [0.29, 0.717) is 18.9 Å². The van der Waals surface area contributed by atoms with Crippen LogP contribution in [0.4, 0.5) is 0 Å². The number of benzene rings is 1. The molecule has 1 aromatic carbocycles. The largest absolute Gasteiger partial charge is 0.496 e. The van der Waals surface area contributed by atoms with E-state index in [-0.39, 0.29) is 29.8 Å². The number of para-hydroxylation sites is 1. The maximum atomic E-state index is 12.2. The summed E-state index contributed by atoms with van der Waals surface area (Å²) in [6.45, 7) is 0.703. The van der Waals surface area contributed by atoms with Crippen molar-refractivity contribution in [3.05, 3.63) is 29.8 Å². The molecule has 3 N–H and O–H groups in total. The van der Waals surface area contributed by atoms with E-state index in [9.17, 15) is 4.79 Å². The van der Waals surface area contributed by atoms with Crippen LogP contribution in [-0.2, 0) is 10.2 Å². The summed E-state index contributed by atoms with van der Waals surface area (Å²) >= 11 is 0. The number of nitrogens with one attached hydrogen (secondary N) is 1. The highest BCUT2D eigenvalue weighted by Gasteiger charge is 2.46. The molecule has 0 saturated heterocycles. The van der Waals surface area contributed by atoms with Crippen LogP contribution in [0.25, 0.3) is 0 Å². The minimum Gasteiger partial charge on any atom is -0.496 e. The number of hydrogen-bond donors (Lipinski definition) is 2. The van der Waals surface area contributed by atoms with Crippen molar-refractivity contribution in [2.45, 2.75) is 50.0 Å². The monoisotopic (exact) mass is 338 g/mol. The number of carbonyl (C=O) groups excluding carboxylic acids is 1. The fourth-order valence-electron chi connectivity index (χ4n) is 3.67. The molecule has 1 amide bonds. The molecule has 2 atom stereocenters. The number of amides is 1. The zero-order valence-corrected chi connectivity index (χ0v) is 14.5. The van der Waals surface area contributed by atoms with Crippen LogP contribution in [0.2, 0.25) is 0 Å². The molecule has 0 heterocycles. The number of ether oxygens (including phenoxy) is 1. The van der Waals surface area contributed by atoms with Gasteiger partial charge in [-0.25, -0.2) is 0 Å². The third-order valence-electron chi connectivity index (χ3n) is 5.32. The van der Waals surface area contributed by atoms with Crippen molar-refractivity contribution in [1.29, 1.82) is 0 Å². The van der Waals surface area contributed by atoms with Crippen molar-refractivity contribution in [3.63, 3.8) is 0 Å². The van der Waals surface area contributed by atoms with Crippen LogP contribution in [0, 0.1) is 5.92 Å². The molecule has 2 aliphatic carbocycles. The molecule has 2 aliphatic rings. The van der Waals surface area contributed by atoms with Crippen LogP contribution < -0.4 is 15.8 Å². The summed E-state index contributed by atoms with van der Waals surface area (Å²) in [6, 6.07) is 8.34. The molecule has 0 aromatic heterocycles. The smallest absolute Gasteiger partial charge is 0.220 e. The second kappa shape index (κ2) is 7.54. The first-order chi connectivity index (χ1) is 10.6. The van der Waals surface area contributed by atoms with Gasteiger partial charge in [-0.15, -0.1) is 12.4 Å². The number of nitrogens with two attached hydrogens (primary N) is 1. The van der Waals surface area contributed by atoms with Gasteiger partial charge in [-0.1, -0.05) is 24.6 Å². The average Bonchev–Trinajstić information content (AvgIpc) is 3.23. The van der Waals surface area contributed by atoms with E-state index in [4.69, 9.17) is 10.5 Å². The van der Waals surface area contributed by atoms with E-state index in [1.54, 1.807) is 7.11 Å². The SMILES string of the molecule is COc1ccccc1C1(CNC(=O)C[C@@H]2CCC[C@H]2N)CC1.Cl. The molecule has 23 heavy (non-hydrogen) atoms. The van der Waals surface area contributed by atoms with Crippen LogP contribution in [0.3, 0.4) is 0 Å². The maximum Gasteiger partial charge on any atom is 0.220 e. The molecule has 2 saturated carbocycles. The lowest BCUT2D eigenvalue weighted by Crippen LogP contribution is -2.35. The Morgan fingerprint density at radius 2 is 2.09 bits per heavy atom. The van der Waals surface area contributed by atoms with E-state index in [2.05, 4.69) is 11.4 Å². The van der Waals surface area contributed by atoms with Crippen LogP contribution in [0.5, 0.6) is 5.75 Å². The summed E-state index contributed by atoms with van der Waals surface area (Å²) in [5.74, 6) is 1.43. The number of halogens is 1. The molecule has 0 spiro atoms. The molecule has 4 nitrogen and oxygen atoms in total. The normalized spacial score (nSPS) is 24.6. The standard InChI is InChI=1S/C18H26N2O2.ClH/c1-22-16-8-3-2-6-14(16)18(9-10-18)12-20-17(21)11-13-5-4-7-15(13)19;/h2-3,6,8,13,15H,4-5,7,9-12,19H2,1H3,(H,20,21);1H/t13-,15+;/m0./s1. The van der Waals surface area contributed by atoms with Gasteiger partial charge in [0, 0.05) is 30.0 Å². The van der Waals surface area contributed by atoms with Gasteiger partial charge in [0.1, 0.15) is 5.75 Å². The van der Waals surface area contributed by atoms with Gasteiger partial charge < -0.3 is 15.8 Å². The zero-order valence-electron chi connectivity index (χ0n) is 13.7. The Labute approximate surface area is 144 Å². The fourth-order valence-corrected chi connectivity index (χ4v) is 3.67. The topological polar surface area (TPSA) is 64.3 Å². The number of methoxy groups -OCH3 is 1. The molecule has 5 heteroatoms. The summed E-state index contributed by atoms with van der Waals surface area (Å²) in [4.78, 5) is 12.2. The zero-order chi connectivity index (χ0) is 15.6. The third kappa shape index (κ3) is 3.99. The molecule has 3 rings (SSSR count). The molecule has 1 aromatic rings. The van der Waals surface area contributed by atoms with Crippen molar-refractivity contribution < 1.29 is 9.53 Å². The highest BCUT2D eigenvalue weighted by atomic mass is 35.5. The van der Waals surface area contributed by atoms with E-state index >= 15 is 0 Å². The van der Waals surface area contributed by atoms with Gasteiger partial charge in [-0.3, -0.25) is 4.79 Å². The predicted molar refractivity (Wildman–Crippen MR) is 94.1 cm³/mol. The van der Waals surface area contributed by atoms with Gasteiger partial charge in [0.25, 0.3) is 0 Å². The van der Waals surface area contributed by atoms with Crippen LogP contribution in [0.1, 0.15) is 44.1 Å². The molecular weight excluding hydrogens is 312 g/mol. The van der Waals surface area contributed by atoms with Crippen molar-refractivity contribution in [3.8, 4) is 5.75 Å². The molecular formula is C18H27ClN2O2. The summed E-state index contributed by atoms with van der Waals surface area (Å²) in [5, 5.41) is 3.13. The summed E-state index contributed by atoms with van der Waals surface area (Å²) in [7, 11) is 1.70. The Morgan fingerprint density at radius 1 is 1.35 bits per heavy atom.